The summed E-state index contributed by atoms with van der Waals surface area (Å²) in [6.45, 7) is 0. The molecule has 0 heterocycles. The van der Waals surface area contributed by atoms with Crippen LogP contribution >= 0.6 is 0 Å². The van der Waals surface area contributed by atoms with Gasteiger partial charge in [0, 0.05) is 0 Å². The van der Waals surface area contributed by atoms with Crippen molar-refractivity contribution in [2.45, 2.75) is 0 Å². The van der Waals surface area contributed by atoms with Crippen LogP contribution in [-0.2, 0) is 20.5 Å². The van der Waals surface area contributed by atoms with Crippen LogP contribution in [0.15, 0.2) is 0 Å². The number of rotatable bonds is 0. The molecule has 0 N–H and O–H groups in total. The summed E-state index contributed by atoms with van der Waals surface area (Å²) in [5, 5.41) is 0. The molecule has 0 aliphatic rings. The quantitative estimate of drug-likeness (QED) is 0.400. The van der Waals surface area contributed by atoms with Gasteiger partial charge in [-0.1, -0.05) is 0 Å². The molecule has 2 nitrogen and oxygen atoms in total. The zero-order valence-electron chi connectivity index (χ0n) is 1.63. The molecular weight excluding hydrogens is 96.1 g/mol. The van der Waals surface area contributed by atoms with Gasteiger partial charge in [-0.2, -0.15) is 8.42 Å². The van der Waals surface area contributed by atoms with E-state index < -0.39 is 0 Å². The fourth-order valence-corrected chi connectivity index (χ4v) is 0. The van der Waals surface area contributed by atoms with Gasteiger partial charge in [0.2, 0.25) is 0 Å². The molecule has 0 aliphatic carbocycles. The fourth-order valence-electron chi connectivity index (χ4n) is 0. The van der Waals surface area contributed by atoms with Gasteiger partial charge in [0.1, 0.15) is 0 Å². The third kappa shape index (κ3) is 2.04. The fraction of sp³-hybridized carbons (Fsp3) is 0. The van der Waals surface area contributed by atoms with E-state index >= 15 is 0 Å². The van der Waals surface area contributed by atoms with Crippen molar-refractivity contribution in [1.82, 2.24) is 0 Å². The number of hydrogen-bond donors (Lipinski definition) is 0. The Kier molecular flexibility index (Phi) is 3.07. The zero-order chi connectivity index (χ0) is 3.41. The van der Waals surface area contributed by atoms with E-state index in [-0.39, 0.29) is 20.5 Å². The first-order valence-electron chi connectivity index (χ1n) is 0.500. The first-order valence-corrected chi connectivity index (χ1v) is 2.50. The maximum atomic E-state index is 8.87. The minimum absolute atomic E-state index is 0.0324. The molecule has 0 bridgehead atoms. The molecule has 0 amide bonds. The molecular formula is O2S2. The summed E-state index contributed by atoms with van der Waals surface area (Å²) in [4.78, 5) is 0. The molecule has 24 valence electrons. The van der Waals surface area contributed by atoms with Crippen LogP contribution in [0.4, 0.5) is 0 Å². The highest BCUT2D eigenvalue weighted by molar-refractivity contribution is 8.14. The van der Waals surface area contributed by atoms with Crippen LogP contribution in [0.3, 0.4) is 0 Å². The molecule has 0 radical (unpaired) electrons. The van der Waals surface area contributed by atoms with E-state index in [4.69, 9.17) is 8.42 Å². The highest BCUT2D eigenvalue weighted by Crippen LogP contribution is 1.06. The summed E-state index contributed by atoms with van der Waals surface area (Å²) in [7, 11) is -0.0648. The van der Waals surface area contributed by atoms with Crippen LogP contribution in [0.25, 0.3) is 0 Å². The normalized spacial score (nSPS) is 5.00. The Balaban J connectivity index is 3.95. The first-order chi connectivity index (χ1) is 1.91. The number of hydrogen-bond acceptors (Lipinski definition) is 2. The van der Waals surface area contributed by atoms with Crippen molar-refractivity contribution in [3.05, 3.63) is 0 Å². The van der Waals surface area contributed by atoms with Crippen molar-refractivity contribution in [2.24, 2.45) is 0 Å². The standard InChI is InChI=1S/O2S2/c1-3-4-2. The third-order valence-electron chi connectivity index (χ3n) is 0.0278. The summed E-state index contributed by atoms with van der Waals surface area (Å²) >= 11 is 0. The Morgan fingerprint density at radius 3 is 1.25 bits per heavy atom. The average Bonchev–Trinajstić information content (AvgIpc) is 1.37. The lowest BCUT2D eigenvalue weighted by Gasteiger charge is -1.08. The van der Waals surface area contributed by atoms with Gasteiger partial charge in [0.25, 0.3) is 0 Å². The summed E-state index contributed by atoms with van der Waals surface area (Å²) < 4.78 is 17.7. The molecule has 4 heteroatoms. The van der Waals surface area contributed by atoms with E-state index in [2.05, 4.69) is 0 Å². The van der Waals surface area contributed by atoms with E-state index in [0.717, 1.165) is 0 Å². The van der Waals surface area contributed by atoms with Crippen molar-refractivity contribution in [1.29, 1.82) is 0 Å². The van der Waals surface area contributed by atoms with Gasteiger partial charge in [-0.25, -0.2) is 0 Å². The van der Waals surface area contributed by atoms with Crippen LogP contribution in [0.2, 0.25) is 0 Å². The lowest BCUT2D eigenvalue weighted by atomic mass is 16.0. The minimum atomic E-state index is -0.0324. The summed E-state index contributed by atoms with van der Waals surface area (Å²) in [6.07, 6.45) is 0. The Morgan fingerprint density at radius 1 is 1.00 bits per heavy atom. The highest BCUT2D eigenvalue weighted by atomic mass is 32.8. The van der Waals surface area contributed by atoms with Crippen LogP contribution < -0.4 is 0 Å². The molecule has 0 saturated carbocycles. The minimum Gasteiger partial charge on any atom is -0.197 e. The van der Waals surface area contributed by atoms with E-state index in [1.807, 2.05) is 0 Å². The predicted molar refractivity (Wildman–Crippen MR) is 16.3 cm³/mol. The molecule has 0 atom stereocenters. The van der Waals surface area contributed by atoms with Crippen molar-refractivity contribution in [3.63, 3.8) is 0 Å². The van der Waals surface area contributed by atoms with Gasteiger partial charge in [-0.3, -0.25) is 0 Å². The second-order valence-electron chi connectivity index (χ2n) is 0.136. The molecule has 0 aromatic rings. The first kappa shape index (κ1) is 4.04. The summed E-state index contributed by atoms with van der Waals surface area (Å²) in [5.41, 5.74) is 0. The molecule has 0 aromatic carbocycles. The molecule has 0 unspecified atom stereocenters. The predicted octanol–water partition coefficient (Wildman–Crippen LogP) is -0.673. The van der Waals surface area contributed by atoms with Gasteiger partial charge >= 0.3 is 0 Å². The van der Waals surface area contributed by atoms with Crippen molar-refractivity contribution < 1.29 is 8.42 Å². The maximum Gasteiger partial charge on any atom is 0.197 e. The largest absolute Gasteiger partial charge is 0.197 e. The summed E-state index contributed by atoms with van der Waals surface area (Å²) in [6, 6.07) is 0. The van der Waals surface area contributed by atoms with Crippen molar-refractivity contribution in [2.75, 3.05) is 0 Å². The Hall–Kier alpha value is 0.0400. The van der Waals surface area contributed by atoms with E-state index in [9.17, 15) is 0 Å². The molecule has 0 aliphatic heterocycles. The van der Waals surface area contributed by atoms with Gasteiger partial charge in [-0.15, -0.1) is 0 Å². The van der Waals surface area contributed by atoms with Crippen LogP contribution in [-0.4, -0.2) is 8.42 Å². The zero-order valence-corrected chi connectivity index (χ0v) is 3.27. The molecule has 0 rings (SSSR count). The second kappa shape index (κ2) is 3.04. The van der Waals surface area contributed by atoms with Crippen LogP contribution in [0, 0.1) is 0 Å². The lowest BCUT2D eigenvalue weighted by molar-refractivity contribution is 0.693. The lowest BCUT2D eigenvalue weighted by Crippen LogP contribution is -1.25. The monoisotopic (exact) mass is 95.9 g/mol. The molecule has 0 fully saturated rings. The van der Waals surface area contributed by atoms with E-state index in [1.54, 1.807) is 0 Å². The molecule has 0 aromatic heterocycles. The smallest absolute Gasteiger partial charge is 0.197 e. The molecule has 0 saturated heterocycles. The average molecular weight is 96.1 g/mol. The van der Waals surface area contributed by atoms with Crippen LogP contribution in [0.5, 0.6) is 0 Å². The maximum absolute atomic E-state index is 8.87. The Labute approximate surface area is 29.6 Å². The van der Waals surface area contributed by atoms with E-state index in [0.29, 0.717) is 0 Å². The van der Waals surface area contributed by atoms with Crippen molar-refractivity contribution in [3.8, 4) is 0 Å². The molecule has 4 heavy (non-hydrogen) atoms. The SMILES string of the molecule is O=S=S=O. The van der Waals surface area contributed by atoms with Gasteiger partial charge in [0.15, 0.2) is 20.5 Å². The van der Waals surface area contributed by atoms with Gasteiger partial charge < -0.3 is 0 Å². The van der Waals surface area contributed by atoms with Gasteiger partial charge in [0.05, 0.1) is 0 Å². The molecule has 0 spiro atoms. The van der Waals surface area contributed by atoms with Gasteiger partial charge in [-0.05, 0) is 0 Å². The third-order valence-corrected chi connectivity index (χ3v) is 0.250. The Bertz CT molecular complexity index is 54.1. The second-order valence-corrected chi connectivity index (χ2v) is 1.22. The Morgan fingerprint density at radius 2 is 1.25 bits per heavy atom. The van der Waals surface area contributed by atoms with Crippen molar-refractivity contribution >= 4 is 20.5 Å². The van der Waals surface area contributed by atoms with E-state index in [1.165, 1.54) is 0 Å². The van der Waals surface area contributed by atoms with Crippen LogP contribution in [0.1, 0.15) is 0 Å². The summed E-state index contributed by atoms with van der Waals surface area (Å²) in [5.74, 6) is 0. The highest BCUT2D eigenvalue weighted by Gasteiger charge is 1.25. The topological polar surface area (TPSA) is 34.1 Å².